The number of rotatable bonds is 5. The normalized spacial score (nSPS) is 18.3. The summed E-state index contributed by atoms with van der Waals surface area (Å²) in [5.74, 6) is 0.213. The van der Waals surface area contributed by atoms with Crippen molar-refractivity contribution in [2.24, 2.45) is 0 Å². The fourth-order valence-corrected chi connectivity index (χ4v) is 3.16. The zero-order valence-corrected chi connectivity index (χ0v) is 13.2. The largest absolute Gasteiger partial charge is 0.389 e. The number of hydrogen-bond acceptors (Lipinski definition) is 5. The van der Waals surface area contributed by atoms with E-state index in [0.717, 1.165) is 30.5 Å². The minimum atomic E-state index is -0.957. The van der Waals surface area contributed by atoms with Gasteiger partial charge in [0.25, 0.3) is 0 Å². The van der Waals surface area contributed by atoms with Crippen LogP contribution in [0.15, 0.2) is 24.3 Å². The number of aliphatic hydroxyl groups excluding tert-OH is 2. The molecule has 5 heteroatoms. The first kappa shape index (κ1) is 16.3. The Labute approximate surface area is 130 Å². The van der Waals surface area contributed by atoms with Crippen LogP contribution < -0.4 is 4.90 Å². The molecule has 1 aliphatic rings. The van der Waals surface area contributed by atoms with E-state index >= 15 is 0 Å². The van der Waals surface area contributed by atoms with Crippen LogP contribution in [0.2, 0.25) is 0 Å². The molecule has 0 spiro atoms. The summed E-state index contributed by atoms with van der Waals surface area (Å²) in [4.78, 5) is 13.2. The molecule has 2 rings (SSSR count). The quantitative estimate of drug-likeness (QED) is 0.874. The lowest BCUT2D eigenvalue weighted by Gasteiger charge is -2.29. The molecule has 1 aromatic carbocycles. The zero-order chi connectivity index (χ0) is 15.2. The minimum Gasteiger partial charge on any atom is -0.389 e. The number of benzene rings is 1. The summed E-state index contributed by atoms with van der Waals surface area (Å²) in [5.41, 5.74) is 1.80. The van der Waals surface area contributed by atoms with Crippen molar-refractivity contribution in [1.82, 2.24) is 0 Å². The second kappa shape index (κ2) is 7.82. The molecule has 1 fully saturated rings. The highest BCUT2D eigenvalue weighted by Gasteiger charge is 2.20. The highest BCUT2D eigenvalue weighted by molar-refractivity contribution is 8.13. The van der Waals surface area contributed by atoms with E-state index in [2.05, 4.69) is 4.90 Å². The van der Waals surface area contributed by atoms with Crippen molar-refractivity contribution in [3.63, 3.8) is 0 Å². The molecule has 2 atom stereocenters. The molecule has 1 heterocycles. The van der Waals surface area contributed by atoms with Gasteiger partial charge in [-0.1, -0.05) is 23.9 Å². The molecule has 0 aliphatic carbocycles. The van der Waals surface area contributed by atoms with Gasteiger partial charge in [0.05, 0.1) is 6.10 Å². The first-order valence-electron chi connectivity index (χ1n) is 7.42. The number of aliphatic hydroxyl groups is 2. The predicted molar refractivity (Wildman–Crippen MR) is 86.6 cm³/mol. The fourth-order valence-electron chi connectivity index (χ4n) is 2.57. The van der Waals surface area contributed by atoms with Gasteiger partial charge in [-0.3, -0.25) is 4.79 Å². The van der Waals surface area contributed by atoms with Crippen molar-refractivity contribution in [3.8, 4) is 0 Å². The summed E-state index contributed by atoms with van der Waals surface area (Å²) < 4.78 is 0. The molecular weight excluding hydrogens is 286 g/mol. The average Bonchev–Trinajstić information content (AvgIpc) is 2.52. The molecule has 2 N–H and O–H groups in total. The maximum absolute atomic E-state index is 10.9. The Bertz CT molecular complexity index is 474. The van der Waals surface area contributed by atoms with Crippen molar-refractivity contribution >= 4 is 22.6 Å². The van der Waals surface area contributed by atoms with Gasteiger partial charge in [-0.25, -0.2) is 0 Å². The van der Waals surface area contributed by atoms with E-state index in [4.69, 9.17) is 0 Å². The maximum atomic E-state index is 10.9. The van der Waals surface area contributed by atoms with Gasteiger partial charge in [-0.2, -0.15) is 0 Å². The van der Waals surface area contributed by atoms with E-state index < -0.39 is 12.2 Å². The molecule has 1 saturated heterocycles. The number of carbonyl (C=O) groups excluding carboxylic acids is 1. The van der Waals surface area contributed by atoms with Gasteiger partial charge in [0.15, 0.2) is 5.12 Å². The molecule has 0 bridgehead atoms. The Hall–Kier alpha value is -1.04. The van der Waals surface area contributed by atoms with Gasteiger partial charge in [0.1, 0.15) is 6.10 Å². The Morgan fingerprint density at radius 1 is 1.29 bits per heavy atom. The Kier molecular flexibility index (Phi) is 6.08. The summed E-state index contributed by atoms with van der Waals surface area (Å²) in [6.07, 6.45) is 1.78. The van der Waals surface area contributed by atoms with Crippen LogP contribution in [-0.4, -0.2) is 40.3 Å². The van der Waals surface area contributed by atoms with E-state index in [0.29, 0.717) is 5.56 Å². The highest BCUT2D eigenvalue weighted by atomic mass is 32.2. The van der Waals surface area contributed by atoms with Crippen molar-refractivity contribution < 1.29 is 15.0 Å². The van der Waals surface area contributed by atoms with Crippen LogP contribution >= 0.6 is 11.8 Å². The summed E-state index contributed by atoms with van der Waals surface area (Å²) in [6.45, 7) is 3.55. The van der Waals surface area contributed by atoms with Crippen LogP contribution in [0.1, 0.15) is 37.9 Å². The molecular formula is C16H23NO3S. The van der Waals surface area contributed by atoms with Crippen LogP contribution in [-0.2, 0) is 4.79 Å². The predicted octanol–water partition coefficient (Wildman–Crippen LogP) is 2.35. The SMILES string of the molecule is CC(=O)SCC(O)C(O)c1cccc(N2CCCCC2)c1. The van der Waals surface area contributed by atoms with E-state index in [1.807, 2.05) is 24.3 Å². The molecule has 0 aromatic heterocycles. The number of anilines is 1. The molecule has 116 valence electrons. The number of hydrogen-bond donors (Lipinski definition) is 2. The standard InChI is InChI=1S/C16H23NO3S/c1-12(18)21-11-15(19)16(20)13-6-5-7-14(10-13)17-8-3-2-4-9-17/h5-7,10,15-16,19-20H,2-4,8-9,11H2,1H3. The van der Waals surface area contributed by atoms with Crippen LogP contribution in [0.25, 0.3) is 0 Å². The molecule has 4 nitrogen and oxygen atoms in total. The van der Waals surface area contributed by atoms with Crippen LogP contribution in [0.3, 0.4) is 0 Å². The Balaban J connectivity index is 2.03. The van der Waals surface area contributed by atoms with Crippen LogP contribution in [0, 0.1) is 0 Å². The highest BCUT2D eigenvalue weighted by Crippen LogP contribution is 2.26. The van der Waals surface area contributed by atoms with Crippen molar-refractivity contribution in [2.75, 3.05) is 23.7 Å². The minimum absolute atomic E-state index is 0.0525. The summed E-state index contributed by atoms with van der Waals surface area (Å²) in [7, 11) is 0. The first-order chi connectivity index (χ1) is 10.1. The third kappa shape index (κ3) is 4.73. The molecule has 2 unspecified atom stereocenters. The number of carbonyl (C=O) groups is 1. The average molecular weight is 309 g/mol. The maximum Gasteiger partial charge on any atom is 0.185 e. The van der Waals surface area contributed by atoms with Gasteiger partial charge in [0.2, 0.25) is 0 Å². The van der Waals surface area contributed by atoms with Crippen LogP contribution in [0.4, 0.5) is 5.69 Å². The van der Waals surface area contributed by atoms with Gasteiger partial charge < -0.3 is 15.1 Å². The number of thioether (sulfide) groups is 1. The van der Waals surface area contributed by atoms with Gasteiger partial charge in [-0.05, 0) is 37.0 Å². The van der Waals surface area contributed by atoms with E-state index in [9.17, 15) is 15.0 Å². The number of piperidine rings is 1. The Morgan fingerprint density at radius 2 is 2.00 bits per heavy atom. The molecule has 1 aliphatic heterocycles. The third-order valence-electron chi connectivity index (χ3n) is 3.75. The van der Waals surface area contributed by atoms with E-state index in [1.54, 1.807) is 0 Å². The zero-order valence-electron chi connectivity index (χ0n) is 12.4. The van der Waals surface area contributed by atoms with Crippen molar-refractivity contribution in [2.45, 2.75) is 38.4 Å². The summed E-state index contributed by atoms with van der Waals surface area (Å²) in [5, 5.41) is 20.2. The molecule has 21 heavy (non-hydrogen) atoms. The monoisotopic (exact) mass is 309 g/mol. The smallest absolute Gasteiger partial charge is 0.185 e. The lowest BCUT2D eigenvalue weighted by Crippen LogP contribution is -2.29. The summed E-state index contributed by atoms with van der Waals surface area (Å²) >= 11 is 1.04. The van der Waals surface area contributed by atoms with E-state index in [1.165, 1.54) is 26.2 Å². The number of nitrogens with zero attached hydrogens (tertiary/aromatic N) is 1. The lowest BCUT2D eigenvalue weighted by molar-refractivity contribution is -0.109. The van der Waals surface area contributed by atoms with Crippen LogP contribution in [0.5, 0.6) is 0 Å². The Morgan fingerprint density at radius 3 is 2.67 bits per heavy atom. The lowest BCUT2D eigenvalue weighted by atomic mass is 10.0. The summed E-state index contributed by atoms with van der Waals surface area (Å²) in [6, 6.07) is 7.71. The van der Waals surface area contributed by atoms with Crippen molar-refractivity contribution in [3.05, 3.63) is 29.8 Å². The second-order valence-electron chi connectivity index (χ2n) is 5.46. The molecule has 0 amide bonds. The van der Waals surface area contributed by atoms with Gasteiger partial charge in [0, 0.05) is 31.5 Å². The first-order valence-corrected chi connectivity index (χ1v) is 8.41. The van der Waals surface area contributed by atoms with Crippen molar-refractivity contribution in [1.29, 1.82) is 0 Å². The molecule has 1 aromatic rings. The van der Waals surface area contributed by atoms with Gasteiger partial charge in [-0.15, -0.1) is 0 Å². The molecule has 0 radical (unpaired) electrons. The third-order valence-corrected chi connectivity index (χ3v) is 4.67. The topological polar surface area (TPSA) is 60.8 Å². The van der Waals surface area contributed by atoms with E-state index in [-0.39, 0.29) is 10.9 Å². The van der Waals surface area contributed by atoms with Gasteiger partial charge >= 0.3 is 0 Å². The second-order valence-corrected chi connectivity index (χ2v) is 6.65. The fraction of sp³-hybridized carbons (Fsp3) is 0.562. The molecule has 0 saturated carbocycles.